The van der Waals surface area contributed by atoms with Crippen LogP contribution in [0.15, 0.2) is 84.9 Å². The van der Waals surface area contributed by atoms with E-state index in [1.165, 1.54) is 33.2 Å². The van der Waals surface area contributed by atoms with Gasteiger partial charge in [-0.05, 0) is 93.7 Å². The van der Waals surface area contributed by atoms with Gasteiger partial charge in [0.25, 0.3) is 6.71 Å². The molecule has 256 valence electrons. The van der Waals surface area contributed by atoms with Gasteiger partial charge >= 0.3 is 0 Å². The van der Waals surface area contributed by atoms with E-state index in [1.54, 1.807) is 0 Å². The van der Waals surface area contributed by atoms with Crippen molar-refractivity contribution in [2.45, 2.75) is 103 Å². The molecule has 0 bridgehead atoms. The van der Waals surface area contributed by atoms with E-state index in [0.717, 1.165) is 82.7 Å². The average Bonchev–Trinajstić information content (AvgIpc) is 3.10. The van der Waals surface area contributed by atoms with Crippen molar-refractivity contribution < 1.29 is 14.2 Å². The molecule has 0 saturated carbocycles. The minimum atomic E-state index is -0.0217. The first kappa shape index (κ1) is 31.1. The molecule has 0 saturated heterocycles. The van der Waals surface area contributed by atoms with Crippen LogP contribution in [0.2, 0.25) is 0 Å². The van der Waals surface area contributed by atoms with Crippen molar-refractivity contribution in [1.82, 2.24) is 0 Å². The van der Waals surface area contributed by atoms with Gasteiger partial charge in [-0.3, -0.25) is 0 Å². The van der Waals surface area contributed by atoms with Crippen LogP contribution < -0.4 is 35.5 Å². The van der Waals surface area contributed by atoms with Gasteiger partial charge in [-0.15, -0.1) is 0 Å². The first-order chi connectivity index (χ1) is 24.3. The molecule has 10 rings (SSSR count). The van der Waals surface area contributed by atoms with E-state index in [1.807, 2.05) is 24.3 Å². The molecule has 5 heteroatoms. The van der Waals surface area contributed by atoms with E-state index in [4.69, 9.17) is 14.2 Å². The fourth-order valence-corrected chi connectivity index (χ4v) is 9.96. The minimum absolute atomic E-state index is 0.00177. The number of para-hydroxylation sites is 4. The molecule has 0 N–H and O–H groups in total. The number of hydrogen-bond acceptors (Lipinski definition) is 4. The monoisotopic (exact) mass is 671 g/mol. The molecular weight excluding hydrogens is 625 g/mol. The van der Waals surface area contributed by atoms with E-state index in [-0.39, 0.29) is 28.4 Å². The van der Waals surface area contributed by atoms with Crippen molar-refractivity contribution in [3.05, 3.63) is 107 Å². The zero-order chi connectivity index (χ0) is 35.2. The minimum Gasteiger partial charge on any atom is -0.458 e. The Hall–Kier alpha value is -4.64. The van der Waals surface area contributed by atoms with Gasteiger partial charge in [-0.25, -0.2) is 0 Å². The summed E-state index contributed by atoms with van der Waals surface area (Å²) in [7, 11) is 0. The smallest absolute Gasteiger partial charge is 0.260 e. The summed E-state index contributed by atoms with van der Waals surface area (Å²) in [4.78, 5) is 2.30. The normalized spacial score (nSPS) is 20.1. The highest BCUT2D eigenvalue weighted by molar-refractivity contribution is 6.98. The first-order valence-electron chi connectivity index (χ1n) is 18.8. The number of hydrogen-bond donors (Lipinski definition) is 0. The Balaban J connectivity index is 1.28. The number of rotatable bonds is 1. The predicted octanol–water partition coefficient (Wildman–Crippen LogP) is 10.7. The molecule has 0 amide bonds. The molecule has 0 fully saturated rings. The van der Waals surface area contributed by atoms with E-state index in [0.29, 0.717) is 0 Å². The maximum Gasteiger partial charge on any atom is 0.260 e. The van der Waals surface area contributed by atoms with E-state index in [2.05, 4.69) is 121 Å². The fourth-order valence-electron chi connectivity index (χ4n) is 9.96. The van der Waals surface area contributed by atoms with Gasteiger partial charge in [0, 0.05) is 28.7 Å². The van der Waals surface area contributed by atoms with Crippen molar-refractivity contribution in [1.29, 1.82) is 0 Å². The highest BCUT2D eigenvalue weighted by Crippen LogP contribution is 2.56. The standard InChI is InChI=1S/C46H46BNO3/c1-43(2)21-23-45(5,6)38-28(43)17-19-30-41(38)50-36-25-27(48-32-13-9-11-15-34(32)49-35-16-12-10-14-33(35)48)26-37-40(36)47(30)31-20-18-29-39(42(31)51-37)46(7,8)24-22-44(29,3)4/h9-20,25-26H,21-24H2,1-8H3. The van der Waals surface area contributed by atoms with Crippen molar-refractivity contribution in [3.8, 4) is 34.5 Å². The van der Waals surface area contributed by atoms with Crippen LogP contribution in [-0.4, -0.2) is 6.71 Å². The second-order valence-corrected chi connectivity index (χ2v) is 18.2. The molecule has 51 heavy (non-hydrogen) atoms. The van der Waals surface area contributed by atoms with Crippen molar-refractivity contribution in [2.75, 3.05) is 4.90 Å². The topological polar surface area (TPSA) is 30.9 Å². The van der Waals surface area contributed by atoms with Crippen LogP contribution in [0.1, 0.15) is 103 Å². The van der Waals surface area contributed by atoms with Crippen LogP contribution in [0.5, 0.6) is 34.5 Å². The Kier molecular flexibility index (Phi) is 6.12. The summed E-state index contributed by atoms with van der Waals surface area (Å²) in [5.41, 5.74) is 12.2. The predicted molar refractivity (Wildman–Crippen MR) is 209 cm³/mol. The summed E-state index contributed by atoms with van der Waals surface area (Å²) in [5, 5.41) is 0. The van der Waals surface area contributed by atoms with Crippen molar-refractivity contribution in [2.24, 2.45) is 0 Å². The van der Waals surface area contributed by atoms with Gasteiger partial charge < -0.3 is 19.1 Å². The van der Waals surface area contributed by atoms with E-state index in [9.17, 15) is 0 Å². The van der Waals surface area contributed by atoms with Crippen molar-refractivity contribution >= 4 is 40.2 Å². The van der Waals surface area contributed by atoms with Gasteiger partial charge in [-0.1, -0.05) is 104 Å². The third-order valence-corrected chi connectivity index (χ3v) is 13.1. The highest BCUT2D eigenvalue weighted by Gasteiger charge is 2.49. The van der Waals surface area contributed by atoms with Crippen molar-refractivity contribution in [3.63, 3.8) is 0 Å². The third kappa shape index (κ3) is 4.27. The van der Waals surface area contributed by atoms with Crippen LogP contribution in [0, 0.1) is 0 Å². The third-order valence-electron chi connectivity index (χ3n) is 13.1. The summed E-state index contributed by atoms with van der Waals surface area (Å²) in [5.74, 6) is 5.48. The maximum atomic E-state index is 7.32. The summed E-state index contributed by atoms with van der Waals surface area (Å²) >= 11 is 0. The van der Waals surface area contributed by atoms with E-state index < -0.39 is 0 Å². The Labute approximate surface area is 302 Å². The lowest BCUT2D eigenvalue weighted by Crippen LogP contribution is -2.59. The zero-order valence-electron chi connectivity index (χ0n) is 31.2. The Morgan fingerprint density at radius 1 is 0.490 bits per heavy atom. The summed E-state index contributed by atoms with van der Waals surface area (Å²) in [6, 6.07) is 30.6. The summed E-state index contributed by atoms with van der Waals surface area (Å²) in [6.45, 7) is 19.2. The molecule has 5 aromatic carbocycles. The molecule has 2 aliphatic carbocycles. The quantitative estimate of drug-likeness (QED) is 0.163. The van der Waals surface area contributed by atoms with Gasteiger partial charge in [0.05, 0.1) is 17.1 Å². The number of fused-ring (bicyclic) bond motifs is 10. The molecule has 3 aliphatic heterocycles. The Bertz CT molecular complexity index is 2180. The maximum absolute atomic E-state index is 7.32. The highest BCUT2D eigenvalue weighted by atomic mass is 16.5. The largest absolute Gasteiger partial charge is 0.458 e. The summed E-state index contributed by atoms with van der Waals surface area (Å²) < 4.78 is 21.1. The molecule has 5 aliphatic rings. The Morgan fingerprint density at radius 2 is 0.922 bits per heavy atom. The van der Waals surface area contributed by atoms with Crippen LogP contribution >= 0.6 is 0 Å². The number of ether oxygens (including phenoxy) is 3. The van der Waals surface area contributed by atoms with Gasteiger partial charge in [0.1, 0.15) is 23.0 Å². The second-order valence-electron chi connectivity index (χ2n) is 18.2. The van der Waals surface area contributed by atoms with Gasteiger partial charge in [0.15, 0.2) is 11.5 Å². The molecule has 0 atom stereocenters. The van der Waals surface area contributed by atoms with Crippen LogP contribution in [-0.2, 0) is 21.7 Å². The molecular formula is C46H46BNO3. The number of anilines is 3. The molecule has 0 spiro atoms. The molecule has 3 heterocycles. The molecule has 4 nitrogen and oxygen atoms in total. The lowest BCUT2D eigenvalue weighted by molar-refractivity contribution is 0.318. The number of benzene rings is 5. The lowest BCUT2D eigenvalue weighted by atomic mass is 9.34. The summed E-state index contributed by atoms with van der Waals surface area (Å²) in [6.07, 6.45) is 4.55. The van der Waals surface area contributed by atoms with E-state index >= 15 is 0 Å². The molecule has 0 aromatic heterocycles. The zero-order valence-corrected chi connectivity index (χ0v) is 31.2. The van der Waals surface area contributed by atoms with Crippen LogP contribution in [0.3, 0.4) is 0 Å². The number of nitrogens with zero attached hydrogens (tertiary/aromatic N) is 1. The fraction of sp³-hybridized carbons (Fsp3) is 0.348. The first-order valence-corrected chi connectivity index (χ1v) is 18.8. The molecule has 0 unspecified atom stereocenters. The van der Waals surface area contributed by atoms with Crippen LogP contribution in [0.25, 0.3) is 0 Å². The lowest BCUT2D eigenvalue weighted by Gasteiger charge is -2.46. The van der Waals surface area contributed by atoms with Crippen LogP contribution in [0.4, 0.5) is 17.1 Å². The SMILES string of the molecule is CC1(C)CCC(C)(C)c2c1ccc1c2Oc2cc(N3c4ccccc4Oc4ccccc43)cc3c2B1c1ccc2c(c1O3)C(C)(C)CCC2(C)C. The van der Waals surface area contributed by atoms with Gasteiger partial charge in [-0.2, -0.15) is 0 Å². The average molecular weight is 672 g/mol. The Morgan fingerprint density at radius 3 is 1.39 bits per heavy atom. The molecule has 5 aromatic rings. The van der Waals surface area contributed by atoms with Gasteiger partial charge in [0.2, 0.25) is 0 Å². The molecule has 0 radical (unpaired) electrons. The second kappa shape index (κ2) is 10.0.